The zero-order valence-corrected chi connectivity index (χ0v) is 12.5. The van der Waals surface area contributed by atoms with Crippen molar-refractivity contribution < 1.29 is 23.1 Å². The minimum Gasteiger partial charge on any atom is -0.478 e. The number of hydrogen-bond donors (Lipinski definition) is 1. The molecule has 0 fully saturated rings. The van der Waals surface area contributed by atoms with Crippen LogP contribution in [0.2, 0.25) is 0 Å². The molecule has 0 saturated heterocycles. The van der Waals surface area contributed by atoms with Crippen molar-refractivity contribution in [2.45, 2.75) is 39.9 Å². The van der Waals surface area contributed by atoms with E-state index in [4.69, 9.17) is 5.11 Å². The summed E-state index contributed by atoms with van der Waals surface area (Å²) in [6, 6.07) is 3.04. The average molecular weight is 303 g/mol. The van der Waals surface area contributed by atoms with Gasteiger partial charge in [-0.3, -0.25) is 0 Å². The predicted molar refractivity (Wildman–Crippen MR) is 75.7 cm³/mol. The largest absolute Gasteiger partial charge is 0.478 e. The molecule has 0 bridgehead atoms. The second kappa shape index (κ2) is 6.37. The van der Waals surface area contributed by atoms with E-state index in [-0.39, 0.29) is 23.2 Å². The number of aromatic carboxylic acids is 1. The maximum atomic E-state index is 13.2. The van der Waals surface area contributed by atoms with Gasteiger partial charge in [0.15, 0.2) is 0 Å². The van der Waals surface area contributed by atoms with Crippen LogP contribution in [0.5, 0.6) is 0 Å². The van der Waals surface area contributed by atoms with E-state index in [1.165, 1.54) is 12.1 Å². The highest BCUT2D eigenvalue weighted by Crippen LogP contribution is 2.38. The molecule has 0 saturated carbocycles. The summed E-state index contributed by atoms with van der Waals surface area (Å²) in [7, 11) is 0. The first-order chi connectivity index (χ1) is 9.54. The number of nitrogens with zero attached hydrogens (tertiary/aromatic N) is 1. The van der Waals surface area contributed by atoms with Crippen molar-refractivity contribution >= 4 is 11.7 Å². The molecule has 0 unspecified atom stereocenters. The maximum Gasteiger partial charge on any atom is 0.418 e. The van der Waals surface area contributed by atoms with Gasteiger partial charge in [0.2, 0.25) is 0 Å². The zero-order valence-electron chi connectivity index (χ0n) is 12.5. The first-order valence-electron chi connectivity index (χ1n) is 6.75. The fraction of sp³-hybridized carbons (Fsp3) is 0.533. The summed E-state index contributed by atoms with van der Waals surface area (Å²) >= 11 is 0. The first kappa shape index (κ1) is 17.3. The molecule has 3 nitrogen and oxygen atoms in total. The second-order valence-corrected chi connectivity index (χ2v) is 5.67. The van der Waals surface area contributed by atoms with Gasteiger partial charge in [-0.05, 0) is 38.0 Å². The van der Waals surface area contributed by atoms with Crippen LogP contribution < -0.4 is 4.90 Å². The number of benzene rings is 1. The Bertz CT molecular complexity index is 510. The lowest BCUT2D eigenvalue weighted by molar-refractivity contribution is -0.137. The molecule has 1 rings (SSSR count). The SMILES string of the molecule is CC(C)CN(c1ccc(C(=O)O)cc1C(F)(F)F)C(C)C. The van der Waals surface area contributed by atoms with Crippen molar-refractivity contribution in [2.24, 2.45) is 5.92 Å². The van der Waals surface area contributed by atoms with Gasteiger partial charge in [-0.25, -0.2) is 4.79 Å². The summed E-state index contributed by atoms with van der Waals surface area (Å²) < 4.78 is 39.7. The van der Waals surface area contributed by atoms with Crippen molar-refractivity contribution in [3.63, 3.8) is 0 Å². The van der Waals surface area contributed by atoms with Crippen LogP contribution >= 0.6 is 0 Å². The third kappa shape index (κ3) is 4.37. The first-order valence-corrected chi connectivity index (χ1v) is 6.75. The summed E-state index contributed by atoms with van der Waals surface area (Å²) in [6.07, 6.45) is -4.59. The summed E-state index contributed by atoms with van der Waals surface area (Å²) in [5.41, 5.74) is -1.24. The summed E-state index contributed by atoms with van der Waals surface area (Å²) in [4.78, 5) is 12.5. The number of halogens is 3. The molecular formula is C15H20F3NO2. The van der Waals surface area contributed by atoms with E-state index in [9.17, 15) is 18.0 Å². The van der Waals surface area contributed by atoms with Crippen LogP contribution in [0.3, 0.4) is 0 Å². The van der Waals surface area contributed by atoms with E-state index < -0.39 is 17.7 Å². The number of carboxylic acid groups (broad SMARTS) is 1. The van der Waals surface area contributed by atoms with E-state index in [0.29, 0.717) is 12.6 Å². The molecule has 0 aliphatic heterocycles. The molecule has 1 aromatic rings. The molecule has 0 aromatic heterocycles. The van der Waals surface area contributed by atoms with Gasteiger partial charge in [0, 0.05) is 18.3 Å². The number of carboxylic acids is 1. The molecule has 0 aliphatic rings. The lowest BCUT2D eigenvalue weighted by atomic mass is 10.0. The van der Waals surface area contributed by atoms with E-state index in [0.717, 1.165) is 0 Å². The molecule has 0 spiro atoms. The van der Waals surface area contributed by atoms with Gasteiger partial charge in [0.25, 0.3) is 0 Å². The third-order valence-electron chi connectivity index (χ3n) is 3.04. The van der Waals surface area contributed by atoms with Crippen molar-refractivity contribution in [1.82, 2.24) is 0 Å². The zero-order chi connectivity index (χ0) is 16.4. The predicted octanol–water partition coefficient (Wildman–Crippen LogP) is 4.27. The molecule has 6 heteroatoms. The molecule has 0 amide bonds. The Morgan fingerprint density at radius 3 is 2.19 bits per heavy atom. The fourth-order valence-electron chi connectivity index (χ4n) is 2.13. The van der Waals surface area contributed by atoms with Crippen molar-refractivity contribution in [2.75, 3.05) is 11.4 Å². The van der Waals surface area contributed by atoms with Gasteiger partial charge < -0.3 is 10.0 Å². The Hall–Kier alpha value is -1.72. The van der Waals surface area contributed by atoms with Gasteiger partial charge in [0.1, 0.15) is 0 Å². The highest BCUT2D eigenvalue weighted by atomic mass is 19.4. The Kier molecular flexibility index (Phi) is 5.25. The minimum atomic E-state index is -4.59. The highest BCUT2D eigenvalue weighted by molar-refractivity contribution is 5.88. The lowest BCUT2D eigenvalue weighted by Crippen LogP contribution is -2.35. The summed E-state index contributed by atoms with van der Waals surface area (Å²) in [5.74, 6) is -1.18. The van der Waals surface area contributed by atoms with E-state index >= 15 is 0 Å². The second-order valence-electron chi connectivity index (χ2n) is 5.67. The van der Waals surface area contributed by atoms with Gasteiger partial charge in [-0.1, -0.05) is 13.8 Å². The Balaban J connectivity index is 3.42. The minimum absolute atomic E-state index is 0.0243. The number of alkyl halides is 3. The van der Waals surface area contributed by atoms with E-state index in [1.54, 1.807) is 4.90 Å². The molecule has 1 aromatic carbocycles. The molecule has 0 atom stereocenters. The van der Waals surface area contributed by atoms with Gasteiger partial charge in [0.05, 0.1) is 11.1 Å². The standard InChI is InChI=1S/C15H20F3NO2/c1-9(2)8-19(10(3)4)13-6-5-11(14(20)21)7-12(13)15(16,17)18/h5-7,9-10H,8H2,1-4H3,(H,20,21). The van der Waals surface area contributed by atoms with E-state index in [1.807, 2.05) is 27.7 Å². The molecular weight excluding hydrogens is 283 g/mol. The molecule has 118 valence electrons. The van der Waals surface area contributed by atoms with Crippen LogP contribution in [0.1, 0.15) is 43.6 Å². The molecule has 1 N–H and O–H groups in total. The van der Waals surface area contributed by atoms with Crippen molar-refractivity contribution in [3.8, 4) is 0 Å². The summed E-state index contributed by atoms with van der Waals surface area (Å²) in [6.45, 7) is 7.94. The molecule has 21 heavy (non-hydrogen) atoms. The van der Waals surface area contributed by atoms with E-state index in [2.05, 4.69) is 0 Å². The lowest BCUT2D eigenvalue weighted by Gasteiger charge is -2.33. The van der Waals surface area contributed by atoms with Crippen molar-refractivity contribution in [3.05, 3.63) is 29.3 Å². The number of hydrogen-bond acceptors (Lipinski definition) is 2. The van der Waals surface area contributed by atoms with Gasteiger partial charge >= 0.3 is 12.1 Å². The van der Waals surface area contributed by atoms with Gasteiger partial charge in [-0.2, -0.15) is 13.2 Å². The maximum absolute atomic E-state index is 13.2. The van der Waals surface area contributed by atoms with Crippen LogP contribution in [0.25, 0.3) is 0 Å². The molecule has 0 heterocycles. The Morgan fingerprint density at radius 2 is 1.81 bits per heavy atom. The van der Waals surface area contributed by atoms with Crippen LogP contribution in [0.4, 0.5) is 18.9 Å². The number of rotatable bonds is 5. The number of anilines is 1. The molecule has 0 radical (unpaired) electrons. The van der Waals surface area contributed by atoms with Gasteiger partial charge in [-0.15, -0.1) is 0 Å². The van der Waals surface area contributed by atoms with Crippen LogP contribution in [-0.2, 0) is 6.18 Å². The smallest absolute Gasteiger partial charge is 0.418 e. The van der Waals surface area contributed by atoms with Crippen molar-refractivity contribution in [1.29, 1.82) is 0 Å². The quantitative estimate of drug-likeness (QED) is 0.883. The number of carbonyl (C=O) groups is 1. The van der Waals surface area contributed by atoms with Crippen LogP contribution in [0, 0.1) is 5.92 Å². The summed E-state index contributed by atoms with van der Waals surface area (Å²) in [5, 5.41) is 8.88. The average Bonchev–Trinajstić information content (AvgIpc) is 2.33. The normalized spacial score (nSPS) is 12.0. The van der Waals surface area contributed by atoms with Crippen LogP contribution in [-0.4, -0.2) is 23.7 Å². The van der Waals surface area contributed by atoms with Crippen LogP contribution in [0.15, 0.2) is 18.2 Å². The Morgan fingerprint density at radius 1 is 1.24 bits per heavy atom. The topological polar surface area (TPSA) is 40.5 Å². The highest BCUT2D eigenvalue weighted by Gasteiger charge is 2.36. The Labute approximate surface area is 122 Å². The monoisotopic (exact) mass is 303 g/mol. The third-order valence-corrected chi connectivity index (χ3v) is 3.04. The fourth-order valence-corrected chi connectivity index (χ4v) is 2.13. The molecule has 0 aliphatic carbocycles.